The molecule has 0 spiro atoms. The number of hydrogen-bond acceptors (Lipinski definition) is 4. The summed E-state index contributed by atoms with van der Waals surface area (Å²) in [6.45, 7) is 2.04. The fourth-order valence-corrected chi connectivity index (χ4v) is 2.43. The van der Waals surface area contributed by atoms with Crippen molar-refractivity contribution < 1.29 is 13.2 Å². The Bertz CT molecular complexity index is 485. The van der Waals surface area contributed by atoms with Gasteiger partial charge in [-0.1, -0.05) is 17.7 Å². The van der Waals surface area contributed by atoms with Crippen LogP contribution >= 0.6 is 23.8 Å². The maximum absolute atomic E-state index is 11.8. The van der Waals surface area contributed by atoms with Gasteiger partial charge < -0.3 is 4.74 Å². The Morgan fingerprint density at radius 3 is 2.53 bits per heavy atom. The average molecular weight is 294 g/mol. The van der Waals surface area contributed by atoms with E-state index in [4.69, 9.17) is 28.6 Å². The predicted octanol–water partition coefficient (Wildman–Crippen LogP) is 1.81. The largest absolute Gasteiger partial charge is 0.469 e. The van der Waals surface area contributed by atoms with E-state index in [9.17, 15) is 8.42 Å². The van der Waals surface area contributed by atoms with Crippen LogP contribution in [0.1, 0.15) is 5.56 Å². The van der Waals surface area contributed by atoms with Gasteiger partial charge in [-0.25, -0.2) is 13.1 Å². The van der Waals surface area contributed by atoms with Crippen molar-refractivity contribution >= 4 is 39.0 Å². The molecule has 0 heterocycles. The van der Waals surface area contributed by atoms with Crippen molar-refractivity contribution in [2.75, 3.05) is 12.5 Å². The van der Waals surface area contributed by atoms with Crippen molar-refractivity contribution in [1.29, 1.82) is 0 Å². The van der Waals surface area contributed by atoms with Gasteiger partial charge in [0.15, 0.2) is 0 Å². The third kappa shape index (κ3) is 4.49. The molecule has 17 heavy (non-hydrogen) atoms. The van der Waals surface area contributed by atoms with Crippen LogP contribution in [-0.2, 0) is 14.8 Å². The van der Waals surface area contributed by atoms with Crippen LogP contribution in [0.5, 0.6) is 0 Å². The molecule has 1 N–H and O–H groups in total. The Balaban J connectivity index is 2.75. The van der Waals surface area contributed by atoms with Crippen LogP contribution in [0.15, 0.2) is 29.2 Å². The second kappa shape index (κ2) is 6.18. The first-order valence-electron chi connectivity index (χ1n) is 4.78. The highest BCUT2D eigenvalue weighted by Crippen LogP contribution is 2.09. The Kier molecular flexibility index (Phi) is 5.17. The van der Waals surface area contributed by atoms with E-state index < -0.39 is 10.0 Å². The number of thiocarbonyl (C=S) groups is 1. The standard InChI is InChI=1S/C10H12ClNO3S2/c1-8-2-4-9(5-3-8)17(13,14)12-10(16)15-7-6-11/h2-5H,6-7H2,1H3,(H,12,16). The minimum Gasteiger partial charge on any atom is -0.469 e. The van der Waals surface area contributed by atoms with Gasteiger partial charge >= 0.3 is 0 Å². The molecule has 1 aromatic carbocycles. The first-order valence-corrected chi connectivity index (χ1v) is 7.20. The molecule has 0 fully saturated rings. The number of hydrogen-bond donors (Lipinski definition) is 1. The number of ether oxygens (including phenoxy) is 1. The van der Waals surface area contributed by atoms with Gasteiger partial charge in [0.2, 0.25) is 0 Å². The van der Waals surface area contributed by atoms with Gasteiger partial charge in [0, 0.05) is 0 Å². The number of sulfonamides is 1. The van der Waals surface area contributed by atoms with Crippen molar-refractivity contribution in [2.45, 2.75) is 11.8 Å². The number of benzene rings is 1. The average Bonchev–Trinajstić information content (AvgIpc) is 2.26. The minimum absolute atomic E-state index is 0.139. The van der Waals surface area contributed by atoms with Crippen LogP contribution in [0, 0.1) is 6.92 Å². The normalized spacial score (nSPS) is 10.9. The Morgan fingerprint density at radius 2 is 2.00 bits per heavy atom. The molecule has 0 atom stereocenters. The molecule has 4 nitrogen and oxygen atoms in total. The summed E-state index contributed by atoms with van der Waals surface area (Å²) in [5.41, 5.74) is 0.977. The summed E-state index contributed by atoms with van der Waals surface area (Å²) in [7, 11) is -3.67. The Morgan fingerprint density at radius 1 is 1.41 bits per heavy atom. The molecule has 0 aromatic heterocycles. The van der Waals surface area contributed by atoms with E-state index in [1.807, 2.05) is 6.92 Å². The van der Waals surface area contributed by atoms with E-state index >= 15 is 0 Å². The van der Waals surface area contributed by atoms with E-state index in [0.29, 0.717) is 0 Å². The number of rotatable bonds is 4. The molecule has 0 unspecified atom stereocenters. The molecule has 0 radical (unpaired) electrons. The maximum atomic E-state index is 11.8. The lowest BCUT2D eigenvalue weighted by Gasteiger charge is -2.09. The molecule has 7 heteroatoms. The van der Waals surface area contributed by atoms with Crippen molar-refractivity contribution in [2.24, 2.45) is 0 Å². The van der Waals surface area contributed by atoms with Crippen LogP contribution < -0.4 is 4.72 Å². The van der Waals surface area contributed by atoms with Crippen molar-refractivity contribution in [3.8, 4) is 0 Å². The summed E-state index contributed by atoms with van der Waals surface area (Å²) in [5, 5.41) is -0.203. The smallest absolute Gasteiger partial charge is 0.270 e. The van der Waals surface area contributed by atoms with Crippen LogP contribution in [0.2, 0.25) is 0 Å². The molecule has 0 aliphatic rings. The van der Waals surface area contributed by atoms with Gasteiger partial charge in [0.25, 0.3) is 15.2 Å². The number of alkyl halides is 1. The van der Waals surface area contributed by atoms with Crippen LogP contribution in [0.4, 0.5) is 0 Å². The van der Waals surface area contributed by atoms with Crippen LogP contribution in [0.3, 0.4) is 0 Å². The van der Waals surface area contributed by atoms with Crippen molar-refractivity contribution in [1.82, 2.24) is 4.72 Å². The predicted molar refractivity (Wildman–Crippen MR) is 70.8 cm³/mol. The molecule has 94 valence electrons. The zero-order chi connectivity index (χ0) is 12.9. The van der Waals surface area contributed by atoms with Crippen LogP contribution in [0.25, 0.3) is 0 Å². The summed E-state index contributed by atoms with van der Waals surface area (Å²) < 4.78 is 30.6. The molecule has 1 rings (SSSR count). The maximum Gasteiger partial charge on any atom is 0.270 e. The Hall–Kier alpha value is -0.850. The lowest BCUT2D eigenvalue weighted by atomic mass is 10.2. The van der Waals surface area contributed by atoms with Gasteiger partial charge in [-0.3, -0.25) is 0 Å². The first-order chi connectivity index (χ1) is 7.95. The summed E-state index contributed by atoms with van der Waals surface area (Å²) in [6.07, 6.45) is 0. The topological polar surface area (TPSA) is 55.4 Å². The van der Waals surface area contributed by atoms with Gasteiger partial charge in [-0.05, 0) is 31.3 Å². The lowest BCUT2D eigenvalue weighted by Crippen LogP contribution is -2.31. The fraction of sp³-hybridized carbons (Fsp3) is 0.300. The highest BCUT2D eigenvalue weighted by molar-refractivity contribution is 7.91. The summed E-state index contributed by atoms with van der Waals surface area (Å²) in [6, 6.07) is 6.41. The lowest BCUT2D eigenvalue weighted by molar-refractivity contribution is 0.329. The fourth-order valence-electron chi connectivity index (χ4n) is 1.05. The monoisotopic (exact) mass is 293 g/mol. The van der Waals surface area contributed by atoms with Crippen molar-refractivity contribution in [3.63, 3.8) is 0 Å². The third-order valence-corrected chi connectivity index (χ3v) is 3.71. The van der Waals surface area contributed by atoms with E-state index in [1.54, 1.807) is 12.1 Å². The molecule has 0 aliphatic carbocycles. The quantitative estimate of drug-likeness (QED) is 0.679. The second-order valence-corrected chi connectivity index (χ2v) is 5.67. The van der Waals surface area contributed by atoms with Gasteiger partial charge in [0.1, 0.15) is 6.61 Å². The van der Waals surface area contributed by atoms with E-state index in [-0.39, 0.29) is 22.6 Å². The highest BCUT2D eigenvalue weighted by atomic mass is 35.5. The molecule has 1 aromatic rings. The summed E-state index contributed by atoms with van der Waals surface area (Å²) in [5.74, 6) is 0.242. The summed E-state index contributed by atoms with van der Waals surface area (Å²) >= 11 is 10.1. The molecular weight excluding hydrogens is 282 g/mol. The molecule has 0 saturated heterocycles. The number of nitrogens with one attached hydrogen (secondary N) is 1. The van der Waals surface area contributed by atoms with Crippen molar-refractivity contribution in [3.05, 3.63) is 29.8 Å². The minimum atomic E-state index is -3.67. The zero-order valence-corrected chi connectivity index (χ0v) is 11.5. The number of halogens is 1. The molecule has 0 bridgehead atoms. The van der Waals surface area contributed by atoms with Gasteiger partial charge in [-0.2, -0.15) is 0 Å². The molecule has 0 amide bonds. The Labute approximate surface area is 111 Å². The van der Waals surface area contributed by atoms with Gasteiger partial charge in [0.05, 0.1) is 10.8 Å². The van der Waals surface area contributed by atoms with E-state index in [0.717, 1.165) is 5.56 Å². The number of aryl methyl sites for hydroxylation is 1. The van der Waals surface area contributed by atoms with Gasteiger partial charge in [-0.15, -0.1) is 11.6 Å². The second-order valence-electron chi connectivity index (χ2n) is 3.24. The SMILES string of the molecule is Cc1ccc(S(=O)(=O)NC(=S)OCCCl)cc1. The molecular formula is C10H12ClNO3S2. The highest BCUT2D eigenvalue weighted by Gasteiger charge is 2.15. The van der Waals surface area contributed by atoms with E-state index in [1.165, 1.54) is 12.1 Å². The first kappa shape index (κ1) is 14.2. The van der Waals surface area contributed by atoms with E-state index in [2.05, 4.69) is 4.72 Å². The summed E-state index contributed by atoms with van der Waals surface area (Å²) in [4.78, 5) is 0.139. The molecule has 0 saturated carbocycles. The zero-order valence-electron chi connectivity index (χ0n) is 9.14. The molecule has 0 aliphatic heterocycles. The third-order valence-electron chi connectivity index (χ3n) is 1.86. The van der Waals surface area contributed by atoms with Crippen LogP contribution in [-0.4, -0.2) is 26.1 Å².